The highest BCUT2D eigenvalue weighted by Gasteiger charge is 2.33. The number of nitrogens with one attached hydrogen (secondary N) is 2. The van der Waals surface area contributed by atoms with Gasteiger partial charge in [-0.15, -0.1) is 11.3 Å². The molecule has 9 nitrogen and oxygen atoms in total. The molecule has 5 rings (SSSR count). The number of carbonyl (C=O) groups excluding carboxylic acids is 2. The number of aromatic nitrogens is 4. The molecule has 1 fully saturated rings. The minimum Gasteiger partial charge on any atom is -0.371 e. The van der Waals surface area contributed by atoms with Crippen LogP contribution in [0.1, 0.15) is 35.1 Å². The summed E-state index contributed by atoms with van der Waals surface area (Å²) in [6.45, 7) is 4.32. The minimum atomic E-state index is -0.223. The topological polar surface area (TPSA) is 105 Å². The number of hydrogen-bond donors (Lipinski definition) is 2. The molecule has 0 radical (unpaired) electrons. The monoisotopic (exact) mass is 473 g/mol. The van der Waals surface area contributed by atoms with Gasteiger partial charge in [-0.3, -0.25) is 19.3 Å². The molecular weight excluding hydrogens is 450 g/mol. The zero-order valence-corrected chi connectivity index (χ0v) is 19.4. The fraction of sp³-hybridized carbons (Fsp3) is 0.208. The molecule has 10 heteroatoms. The Bertz CT molecular complexity index is 1360. The smallest absolute Gasteiger partial charge is 0.257 e. The number of thiazole rings is 1. The molecule has 4 aromatic rings. The van der Waals surface area contributed by atoms with E-state index < -0.39 is 0 Å². The second-order valence-corrected chi connectivity index (χ2v) is 8.72. The van der Waals surface area contributed by atoms with Crippen molar-refractivity contribution >= 4 is 39.6 Å². The Morgan fingerprint density at radius 2 is 2.03 bits per heavy atom. The lowest BCUT2D eigenvalue weighted by Gasteiger charge is -2.22. The van der Waals surface area contributed by atoms with Crippen LogP contribution in [0.25, 0.3) is 16.8 Å². The van der Waals surface area contributed by atoms with Crippen LogP contribution in [0.2, 0.25) is 0 Å². The fourth-order valence-electron chi connectivity index (χ4n) is 4.33. The van der Waals surface area contributed by atoms with Crippen LogP contribution in [-0.2, 0) is 4.79 Å². The summed E-state index contributed by atoms with van der Waals surface area (Å²) in [6.07, 6.45) is 8.31. The van der Waals surface area contributed by atoms with Crippen molar-refractivity contribution in [1.29, 1.82) is 0 Å². The molecule has 34 heavy (non-hydrogen) atoms. The van der Waals surface area contributed by atoms with Crippen molar-refractivity contribution in [1.82, 2.24) is 24.3 Å². The number of rotatable bonds is 6. The molecular formula is C24H23N7O2S. The van der Waals surface area contributed by atoms with Crippen LogP contribution in [0, 0.1) is 0 Å². The summed E-state index contributed by atoms with van der Waals surface area (Å²) in [7, 11) is 1.81. The van der Waals surface area contributed by atoms with E-state index in [2.05, 4.69) is 27.2 Å². The van der Waals surface area contributed by atoms with E-state index in [4.69, 9.17) is 4.98 Å². The highest BCUT2D eigenvalue weighted by Crippen LogP contribution is 2.37. The number of anilines is 2. The maximum Gasteiger partial charge on any atom is 0.257 e. The first-order chi connectivity index (χ1) is 16.6. The van der Waals surface area contributed by atoms with E-state index in [-0.39, 0.29) is 17.9 Å². The lowest BCUT2D eigenvalue weighted by Crippen LogP contribution is -2.29. The fourth-order valence-corrected chi connectivity index (χ4v) is 4.86. The molecule has 1 aliphatic rings. The molecule has 3 aromatic heterocycles. The molecule has 2 N–H and O–H groups in total. The van der Waals surface area contributed by atoms with Gasteiger partial charge in [0.05, 0.1) is 6.04 Å². The molecule has 1 saturated heterocycles. The van der Waals surface area contributed by atoms with Crippen LogP contribution in [0.15, 0.2) is 60.9 Å². The number of benzene rings is 1. The molecule has 1 aromatic carbocycles. The van der Waals surface area contributed by atoms with Crippen molar-refractivity contribution in [2.45, 2.75) is 18.9 Å². The third kappa shape index (κ3) is 3.81. The summed E-state index contributed by atoms with van der Waals surface area (Å²) in [5.41, 5.74) is 2.92. The van der Waals surface area contributed by atoms with Crippen LogP contribution in [0.5, 0.6) is 0 Å². The maximum absolute atomic E-state index is 12.5. The Morgan fingerprint density at radius 1 is 1.21 bits per heavy atom. The van der Waals surface area contributed by atoms with Gasteiger partial charge in [-0.2, -0.15) is 0 Å². The van der Waals surface area contributed by atoms with E-state index in [1.807, 2.05) is 40.1 Å². The van der Waals surface area contributed by atoms with E-state index in [1.165, 1.54) is 17.4 Å². The lowest BCUT2D eigenvalue weighted by molar-refractivity contribution is -0.127. The Kier molecular flexibility index (Phi) is 5.81. The first-order valence-electron chi connectivity index (χ1n) is 10.9. The van der Waals surface area contributed by atoms with E-state index in [0.717, 1.165) is 35.4 Å². The van der Waals surface area contributed by atoms with Crippen LogP contribution < -0.4 is 10.6 Å². The summed E-state index contributed by atoms with van der Waals surface area (Å²) in [4.78, 5) is 40.4. The molecule has 2 amide bonds. The molecule has 1 aliphatic heterocycles. The number of amides is 2. The number of carbonyl (C=O) groups is 2. The van der Waals surface area contributed by atoms with E-state index in [0.29, 0.717) is 23.1 Å². The molecule has 4 heterocycles. The summed E-state index contributed by atoms with van der Waals surface area (Å²) in [6, 6.07) is 7.12. The van der Waals surface area contributed by atoms with Crippen LogP contribution >= 0.6 is 11.3 Å². The van der Waals surface area contributed by atoms with Gasteiger partial charge in [0.1, 0.15) is 17.0 Å². The number of imidazole rings is 1. The largest absolute Gasteiger partial charge is 0.371 e. The third-order valence-corrected chi connectivity index (χ3v) is 6.59. The van der Waals surface area contributed by atoms with Gasteiger partial charge in [0.15, 0.2) is 10.9 Å². The molecule has 0 aliphatic carbocycles. The summed E-state index contributed by atoms with van der Waals surface area (Å²) in [5.74, 6) is 1.14. The first-order valence-corrected chi connectivity index (χ1v) is 11.8. The van der Waals surface area contributed by atoms with Crippen molar-refractivity contribution in [3.05, 3.63) is 72.3 Å². The summed E-state index contributed by atoms with van der Waals surface area (Å²) < 4.78 is 2.00. The predicted octanol–water partition coefficient (Wildman–Crippen LogP) is 4.00. The number of fused-ring (bicyclic) bond motifs is 1. The Hall–Kier alpha value is -4.05. The second kappa shape index (κ2) is 9.06. The average molecular weight is 474 g/mol. The second-order valence-electron chi connectivity index (χ2n) is 7.83. The van der Waals surface area contributed by atoms with Gasteiger partial charge in [-0.1, -0.05) is 18.7 Å². The third-order valence-electron chi connectivity index (χ3n) is 5.90. The van der Waals surface area contributed by atoms with Gasteiger partial charge < -0.3 is 10.2 Å². The zero-order valence-electron chi connectivity index (χ0n) is 18.6. The highest BCUT2D eigenvalue weighted by molar-refractivity contribution is 7.13. The van der Waals surface area contributed by atoms with Crippen LogP contribution in [0.3, 0.4) is 0 Å². The molecule has 0 spiro atoms. The quantitative estimate of drug-likeness (QED) is 0.410. The Morgan fingerprint density at radius 3 is 2.74 bits per heavy atom. The van der Waals surface area contributed by atoms with Crippen molar-refractivity contribution in [2.75, 3.05) is 24.2 Å². The SMILES string of the molecule is C=CC(=O)N1CCC[C@H]1c1nc(-c2ccc(C(=O)Nc3nccs3)cc2)c2c(NC)nccn12. The maximum atomic E-state index is 12.5. The van der Waals surface area contributed by atoms with Crippen molar-refractivity contribution in [3.63, 3.8) is 0 Å². The molecule has 1 atom stereocenters. The van der Waals surface area contributed by atoms with E-state index in [1.54, 1.807) is 24.5 Å². The molecule has 0 saturated carbocycles. The number of nitrogens with zero attached hydrogens (tertiary/aromatic N) is 5. The summed E-state index contributed by atoms with van der Waals surface area (Å²) >= 11 is 1.37. The zero-order chi connectivity index (χ0) is 23.7. The van der Waals surface area contributed by atoms with E-state index >= 15 is 0 Å². The lowest BCUT2D eigenvalue weighted by atomic mass is 10.1. The van der Waals surface area contributed by atoms with Gasteiger partial charge in [-0.25, -0.2) is 15.0 Å². The summed E-state index contributed by atoms with van der Waals surface area (Å²) in [5, 5.41) is 8.30. The molecule has 0 unspecified atom stereocenters. The minimum absolute atomic E-state index is 0.0979. The van der Waals surface area contributed by atoms with Gasteiger partial charge >= 0.3 is 0 Å². The van der Waals surface area contributed by atoms with Crippen LogP contribution in [0.4, 0.5) is 10.9 Å². The van der Waals surface area contributed by atoms with Gasteiger partial charge in [0.2, 0.25) is 5.91 Å². The standard InChI is InChI=1S/C24H23N7O2S/c1-3-18(32)30-12-4-5-17(30)22-28-19(20-21(25-2)26-10-13-31(20)22)15-6-8-16(9-7-15)23(33)29-24-27-11-14-34-24/h3,6-11,13-14,17H,1,4-5,12H2,2H3,(H,25,26)(H,27,29,33)/t17-/m0/s1. The van der Waals surface area contributed by atoms with Gasteiger partial charge in [0.25, 0.3) is 5.91 Å². The van der Waals surface area contributed by atoms with Crippen molar-refractivity contribution < 1.29 is 9.59 Å². The van der Waals surface area contributed by atoms with Crippen molar-refractivity contribution in [3.8, 4) is 11.3 Å². The van der Waals surface area contributed by atoms with Gasteiger partial charge in [0, 0.05) is 48.7 Å². The first kappa shape index (κ1) is 21.8. The normalized spacial score (nSPS) is 15.4. The Balaban J connectivity index is 1.55. The molecule has 172 valence electrons. The predicted molar refractivity (Wildman–Crippen MR) is 132 cm³/mol. The molecule has 0 bridgehead atoms. The average Bonchev–Trinajstić information content (AvgIpc) is 3.63. The highest BCUT2D eigenvalue weighted by atomic mass is 32.1. The van der Waals surface area contributed by atoms with Crippen LogP contribution in [-0.4, -0.2) is 49.7 Å². The Labute approximate surface area is 200 Å². The van der Waals surface area contributed by atoms with Crippen molar-refractivity contribution in [2.24, 2.45) is 0 Å². The number of hydrogen-bond acceptors (Lipinski definition) is 7. The van der Waals surface area contributed by atoms with E-state index in [9.17, 15) is 9.59 Å². The number of likely N-dealkylation sites (tertiary alicyclic amines) is 1. The van der Waals surface area contributed by atoms with Gasteiger partial charge in [-0.05, 0) is 31.1 Å².